The lowest BCUT2D eigenvalue weighted by molar-refractivity contribution is -0.123. The van der Waals surface area contributed by atoms with Crippen LogP contribution in [0.1, 0.15) is 61.9 Å². The van der Waals surface area contributed by atoms with Gasteiger partial charge in [0, 0.05) is 18.2 Å². The predicted octanol–water partition coefficient (Wildman–Crippen LogP) is 5.47. The van der Waals surface area contributed by atoms with Crippen molar-refractivity contribution in [1.29, 1.82) is 0 Å². The Labute approximate surface area is 200 Å². The van der Waals surface area contributed by atoms with Gasteiger partial charge in [-0.2, -0.15) is 0 Å². The van der Waals surface area contributed by atoms with Crippen molar-refractivity contribution in [2.75, 3.05) is 4.90 Å². The van der Waals surface area contributed by atoms with Crippen LogP contribution in [0, 0.1) is 5.92 Å². The highest BCUT2D eigenvalue weighted by Gasteiger charge is 2.33. The van der Waals surface area contributed by atoms with Crippen LogP contribution in [0.15, 0.2) is 60.8 Å². The van der Waals surface area contributed by atoms with E-state index in [0.29, 0.717) is 18.0 Å². The average molecular weight is 462 g/mol. The number of carboxylic acid groups (broad SMARTS) is 1. The Balaban J connectivity index is 1.57. The lowest BCUT2D eigenvalue weighted by atomic mass is 9.88. The molecule has 0 bridgehead atoms. The second-order valence-electron chi connectivity index (χ2n) is 9.02. The molecule has 0 radical (unpaired) electrons. The monoisotopic (exact) mass is 461 g/mol. The third-order valence-electron chi connectivity index (χ3n) is 6.21. The van der Waals surface area contributed by atoms with Gasteiger partial charge in [-0.1, -0.05) is 49.6 Å². The molecular weight excluding hydrogens is 430 g/mol. The zero-order valence-corrected chi connectivity index (χ0v) is 19.7. The maximum absolute atomic E-state index is 13.4. The Bertz CT molecular complexity index is 1120. The Morgan fingerprint density at radius 1 is 1.06 bits per heavy atom. The van der Waals surface area contributed by atoms with Crippen molar-refractivity contribution in [1.82, 2.24) is 9.78 Å². The normalized spacial score (nSPS) is 14.2. The first-order valence-electron chi connectivity index (χ1n) is 11.9. The molecule has 0 spiro atoms. The van der Waals surface area contributed by atoms with Gasteiger partial charge in [0.25, 0.3) is 0 Å². The van der Waals surface area contributed by atoms with Crippen LogP contribution < -0.4 is 9.64 Å². The molecule has 0 unspecified atom stereocenters. The molecule has 3 aromatic rings. The molecular formula is C27H31N3O4. The van der Waals surface area contributed by atoms with Crippen LogP contribution in [0.25, 0.3) is 5.69 Å². The van der Waals surface area contributed by atoms with Gasteiger partial charge in [0.05, 0.1) is 5.69 Å². The summed E-state index contributed by atoms with van der Waals surface area (Å²) in [6.45, 7) is 4.25. The zero-order chi connectivity index (χ0) is 24.1. The molecule has 0 aliphatic heterocycles. The second-order valence-corrected chi connectivity index (χ2v) is 9.02. The van der Waals surface area contributed by atoms with Gasteiger partial charge >= 0.3 is 5.97 Å². The molecule has 1 aromatic heterocycles. The zero-order valence-electron chi connectivity index (χ0n) is 19.7. The molecule has 0 saturated heterocycles. The summed E-state index contributed by atoms with van der Waals surface area (Å²) in [6, 6.07) is 17.0. The van der Waals surface area contributed by atoms with E-state index in [1.807, 2.05) is 68.4 Å². The number of aromatic carboxylic acids is 1. The van der Waals surface area contributed by atoms with E-state index in [0.717, 1.165) is 37.7 Å². The topological polar surface area (TPSA) is 84.7 Å². The standard InChI is InChI=1S/C27H31N3O4/c1-19(2)30(26(31)21-11-7-4-8-12-21)25-24(27(32)33)17-29(28-25)22-13-15-23(16-14-22)34-18-20-9-5-3-6-10-20/h3,5-6,9-10,13-17,19,21H,4,7-8,11-12,18H2,1-2H3,(H,32,33). The van der Waals surface area contributed by atoms with Crippen molar-refractivity contribution in [3.63, 3.8) is 0 Å². The third kappa shape index (κ3) is 5.30. The molecule has 1 fully saturated rings. The van der Waals surface area contributed by atoms with Gasteiger partial charge in [0.2, 0.25) is 5.91 Å². The summed E-state index contributed by atoms with van der Waals surface area (Å²) in [7, 11) is 0. The first-order chi connectivity index (χ1) is 16.4. The van der Waals surface area contributed by atoms with Gasteiger partial charge < -0.3 is 9.84 Å². The fourth-order valence-corrected chi connectivity index (χ4v) is 4.41. The summed E-state index contributed by atoms with van der Waals surface area (Å²) >= 11 is 0. The number of anilines is 1. The van der Waals surface area contributed by atoms with Gasteiger partial charge in [-0.15, -0.1) is 5.10 Å². The number of amides is 1. The Hall–Kier alpha value is -3.61. The van der Waals surface area contributed by atoms with Gasteiger partial charge in [0.1, 0.15) is 17.9 Å². The van der Waals surface area contributed by atoms with Crippen LogP contribution in [0.2, 0.25) is 0 Å². The van der Waals surface area contributed by atoms with E-state index in [2.05, 4.69) is 5.10 Å². The Morgan fingerprint density at radius 3 is 2.35 bits per heavy atom. The molecule has 1 heterocycles. The number of aromatic nitrogens is 2. The number of benzene rings is 2. The van der Waals surface area contributed by atoms with Gasteiger partial charge in [-0.25, -0.2) is 9.48 Å². The fourth-order valence-electron chi connectivity index (χ4n) is 4.41. The first kappa shape index (κ1) is 23.5. The van der Waals surface area contributed by atoms with Crippen molar-refractivity contribution in [2.24, 2.45) is 5.92 Å². The summed E-state index contributed by atoms with van der Waals surface area (Å²) in [4.78, 5) is 27.0. The van der Waals surface area contributed by atoms with Crippen LogP contribution in [0.4, 0.5) is 5.82 Å². The number of nitrogens with zero attached hydrogens (tertiary/aromatic N) is 3. The third-order valence-corrected chi connectivity index (χ3v) is 6.21. The molecule has 1 amide bonds. The van der Waals surface area contributed by atoms with Crippen LogP contribution in [-0.4, -0.2) is 32.8 Å². The van der Waals surface area contributed by atoms with E-state index in [9.17, 15) is 14.7 Å². The SMILES string of the molecule is CC(C)N(C(=O)C1CCCCC1)c1nn(-c2ccc(OCc3ccccc3)cc2)cc1C(=O)O. The van der Waals surface area contributed by atoms with Crippen LogP contribution in [0.5, 0.6) is 5.75 Å². The van der Waals surface area contributed by atoms with E-state index >= 15 is 0 Å². The molecule has 2 aromatic carbocycles. The molecule has 178 valence electrons. The summed E-state index contributed by atoms with van der Waals surface area (Å²) in [5, 5.41) is 14.4. The minimum atomic E-state index is -1.11. The summed E-state index contributed by atoms with van der Waals surface area (Å²) < 4.78 is 7.36. The largest absolute Gasteiger partial charge is 0.489 e. The second kappa shape index (κ2) is 10.5. The minimum Gasteiger partial charge on any atom is -0.489 e. The molecule has 0 atom stereocenters. The lowest BCUT2D eigenvalue weighted by Crippen LogP contribution is -2.42. The molecule has 7 nitrogen and oxygen atoms in total. The summed E-state index contributed by atoms with van der Waals surface area (Å²) in [5.74, 6) is -0.320. The smallest absolute Gasteiger partial charge is 0.341 e. The number of ether oxygens (including phenoxy) is 1. The molecule has 34 heavy (non-hydrogen) atoms. The van der Waals surface area contributed by atoms with Crippen molar-refractivity contribution < 1.29 is 19.4 Å². The first-order valence-corrected chi connectivity index (χ1v) is 11.9. The molecule has 1 aliphatic rings. The van der Waals surface area contributed by atoms with Crippen molar-refractivity contribution >= 4 is 17.7 Å². The number of carboxylic acids is 1. The summed E-state index contributed by atoms with van der Waals surface area (Å²) in [5.41, 5.74) is 1.78. The van der Waals surface area contributed by atoms with Crippen molar-refractivity contribution in [3.8, 4) is 11.4 Å². The van der Waals surface area contributed by atoms with E-state index in [1.54, 1.807) is 4.90 Å². The fraction of sp³-hybridized carbons (Fsp3) is 0.370. The molecule has 1 saturated carbocycles. The minimum absolute atomic E-state index is 0.0160. The number of rotatable bonds is 8. The quantitative estimate of drug-likeness (QED) is 0.481. The highest BCUT2D eigenvalue weighted by molar-refractivity contribution is 6.01. The number of hydrogen-bond donors (Lipinski definition) is 1. The maximum atomic E-state index is 13.4. The highest BCUT2D eigenvalue weighted by atomic mass is 16.5. The van der Waals surface area contributed by atoms with E-state index in [4.69, 9.17) is 4.74 Å². The number of carbonyl (C=O) groups excluding carboxylic acids is 1. The van der Waals surface area contributed by atoms with Crippen LogP contribution in [-0.2, 0) is 11.4 Å². The molecule has 1 aliphatic carbocycles. The molecule has 4 rings (SSSR count). The number of hydrogen-bond acceptors (Lipinski definition) is 4. The van der Waals surface area contributed by atoms with Gasteiger partial charge in [0.15, 0.2) is 5.82 Å². The van der Waals surface area contributed by atoms with Crippen molar-refractivity contribution in [2.45, 2.75) is 58.6 Å². The van der Waals surface area contributed by atoms with Crippen LogP contribution >= 0.6 is 0 Å². The van der Waals surface area contributed by atoms with Gasteiger partial charge in [-0.3, -0.25) is 9.69 Å². The average Bonchev–Trinajstić information content (AvgIpc) is 3.29. The predicted molar refractivity (Wildman–Crippen MR) is 130 cm³/mol. The summed E-state index contributed by atoms with van der Waals surface area (Å²) in [6.07, 6.45) is 6.36. The van der Waals surface area contributed by atoms with E-state index < -0.39 is 5.97 Å². The number of carbonyl (C=O) groups is 2. The Morgan fingerprint density at radius 2 is 1.74 bits per heavy atom. The van der Waals surface area contributed by atoms with E-state index in [-0.39, 0.29) is 29.2 Å². The van der Waals surface area contributed by atoms with E-state index in [1.165, 1.54) is 10.9 Å². The molecule has 7 heteroatoms. The van der Waals surface area contributed by atoms with Crippen molar-refractivity contribution in [3.05, 3.63) is 71.9 Å². The van der Waals surface area contributed by atoms with Crippen LogP contribution in [0.3, 0.4) is 0 Å². The maximum Gasteiger partial charge on any atom is 0.341 e. The lowest BCUT2D eigenvalue weighted by Gasteiger charge is -2.31. The van der Waals surface area contributed by atoms with Gasteiger partial charge in [-0.05, 0) is 56.5 Å². The Kier molecular flexibility index (Phi) is 7.30. The highest BCUT2D eigenvalue weighted by Crippen LogP contribution is 2.30. The molecule has 1 N–H and O–H groups in total.